The van der Waals surface area contributed by atoms with Crippen molar-refractivity contribution in [3.05, 3.63) is 47.9 Å². The van der Waals surface area contributed by atoms with Crippen molar-refractivity contribution in [3.63, 3.8) is 0 Å². The molecule has 6 nitrogen and oxygen atoms in total. The van der Waals surface area contributed by atoms with Gasteiger partial charge in [-0.3, -0.25) is 4.79 Å². The maximum Gasteiger partial charge on any atom is 0.228 e. The van der Waals surface area contributed by atoms with Crippen molar-refractivity contribution in [1.29, 1.82) is 0 Å². The predicted molar refractivity (Wildman–Crippen MR) is 108 cm³/mol. The second-order valence-corrected chi connectivity index (χ2v) is 8.09. The highest BCUT2D eigenvalue weighted by molar-refractivity contribution is 5.80. The maximum absolute atomic E-state index is 13.5. The van der Waals surface area contributed by atoms with Crippen molar-refractivity contribution in [1.82, 2.24) is 15.3 Å². The molecule has 1 saturated carbocycles. The largest absolute Gasteiger partial charge is 0.481 e. The van der Waals surface area contributed by atoms with E-state index in [2.05, 4.69) is 20.2 Å². The molecule has 1 aliphatic carbocycles. The van der Waals surface area contributed by atoms with Gasteiger partial charge >= 0.3 is 0 Å². The summed E-state index contributed by atoms with van der Waals surface area (Å²) in [6.07, 6.45) is 6.91. The Labute approximate surface area is 170 Å². The van der Waals surface area contributed by atoms with Crippen LogP contribution >= 0.6 is 0 Å². The van der Waals surface area contributed by atoms with Crippen molar-refractivity contribution in [2.24, 2.45) is 5.92 Å². The number of carbonyl (C=O) groups is 1. The number of amides is 1. The lowest BCUT2D eigenvalue weighted by molar-refractivity contribution is -0.128. The molecule has 29 heavy (non-hydrogen) atoms. The molecule has 154 valence electrons. The first-order chi connectivity index (χ1) is 14.1. The molecular formula is C22H27FN4O2. The summed E-state index contributed by atoms with van der Waals surface area (Å²) in [6.45, 7) is 1.48. The van der Waals surface area contributed by atoms with Crippen LogP contribution < -0.4 is 15.0 Å². The van der Waals surface area contributed by atoms with Gasteiger partial charge in [0, 0.05) is 36.8 Å². The van der Waals surface area contributed by atoms with Crippen LogP contribution in [0.3, 0.4) is 0 Å². The molecule has 1 aromatic heterocycles. The molecule has 1 saturated heterocycles. The predicted octanol–water partition coefficient (Wildman–Crippen LogP) is 3.12. The van der Waals surface area contributed by atoms with E-state index in [1.54, 1.807) is 31.5 Å². The third kappa shape index (κ3) is 4.49. The number of rotatable bonds is 6. The van der Waals surface area contributed by atoms with Crippen molar-refractivity contribution in [3.8, 4) is 5.88 Å². The Morgan fingerprint density at radius 2 is 2.10 bits per heavy atom. The van der Waals surface area contributed by atoms with Gasteiger partial charge in [0.15, 0.2) is 0 Å². The third-order valence-corrected chi connectivity index (χ3v) is 6.11. The van der Waals surface area contributed by atoms with E-state index in [9.17, 15) is 9.18 Å². The molecule has 2 fully saturated rings. The summed E-state index contributed by atoms with van der Waals surface area (Å²) in [5, 5.41) is 3.31. The fourth-order valence-corrected chi connectivity index (χ4v) is 4.29. The van der Waals surface area contributed by atoms with E-state index in [-0.39, 0.29) is 23.2 Å². The van der Waals surface area contributed by atoms with Crippen LogP contribution in [-0.4, -0.2) is 41.6 Å². The average Bonchev–Trinajstić information content (AvgIpc) is 2.72. The zero-order valence-corrected chi connectivity index (χ0v) is 16.7. The van der Waals surface area contributed by atoms with Crippen molar-refractivity contribution < 1.29 is 13.9 Å². The van der Waals surface area contributed by atoms with E-state index >= 15 is 0 Å². The van der Waals surface area contributed by atoms with Gasteiger partial charge in [-0.15, -0.1) is 0 Å². The second kappa shape index (κ2) is 8.35. The van der Waals surface area contributed by atoms with Crippen LogP contribution in [0.15, 0.2) is 36.5 Å². The highest BCUT2D eigenvalue weighted by atomic mass is 19.1. The first-order valence-corrected chi connectivity index (χ1v) is 10.3. The van der Waals surface area contributed by atoms with Crippen LogP contribution in [0.4, 0.5) is 10.3 Å². The highest BCUT2D eigenvalue weighted by Crippen LogP contribution is 2.36. The molecule has 2 aromatic rings. The molecule has 4 rings (SSSR count). The minimum absolute atomic E-state index is 0.0122. The number of benzene rings is 1. The topological polar surface area (TPSA) is 67.3 Å². The Morgan fingerprint density at radius 3 is 2.76 bits per heavy atom. The van der Waals surface area contributed by atoms with Crippen molar-refractivity contribution in [2.75, 3.05) is 25.1 Å². The zero-order valence-electron chi connectivity index (χ0n) is 16.7. The van der Waals surface area contributed by atoms with Crippen LogP contribution in [0.1, 0.15) is 37.7 Å². The van der Waals surface area contributed by atoms with E-state index in [1.165, 1.54) is 6.07 Å². The number of aromatic nitrogens is 2. The highest BCUT2D eigenvalue weighted by Gasteiger charge is 2.40. The number of methoxy groups -OCH3 is 1. The summed E-state index contributed by atoms with van der Waals surface area (Å²) in [5.41, 5.74) is 0.716. The van der Waals surface area contributed by atoms with Gasteiger partial charge in [-0.25, -0.2) is 9.37 Å². The average molecular weight is 398 g/mol. The SMILES string of the molecule is COc1ccnc(N2CCC(C(=O)NC3(Cc4cccc(F)c4)CCC3)CC2)n1. The lowest BCUT2D eigenvalue weighted by Crippen LogP contribution is -2.57. The normalized spacial score (nSPS) is 18.8. The molecule has 1 N–H and O–H groups in total. The first kappa shape index (κ1) is 19.6. The van der Waals surface area contributed by atoms with Gasteiger partial charge in [0.2, 0.25) is 17.7 Å². The van der Waals surface area contributed by atoms with Gasteiger partial charge in [-0.2, -0.15) is 4.98 Å². The van der Waals surface area contributed by atoms with Gasteiger partial charge in [0.1, 0.15) is 5.82 Å². The molecule has 2 heterocycles. The maximum atomic E-state index is 13.5. The molecule has 1 aliphatic heterocycles. The summed E-state index contributed by atoms with van der Waals surface area (Å²) in [5.74, 6) is 1.06. The lowest BCUT2D eigenvalue weighted by atomic mass is 9.72. The van der Waals surface area contributed by atoms with Crippen LogP contribution in [0.5, 0.6) is 5.88 Å². The van der Waals surface area contributed by atoms with Crippen LogP contribution in [0, 0.1) is 11.7 Å². The van der Waals surface area contributed by atoms with E-state index in [0.29, 0.717) is 18.2 Å². The number of ether oxygens (including phenoxy) is 1. The molecule has 0 atom stereocenters. The molecule has 1 amide bonds. The first-order valence-electron chi connectivity index (χ1n) is 10.3. The van der Waals surface area contributed by atoms with Gasteiger partial charge < -0.3 is 15.0 Å². The van der Waals surface area contributed by atoms with Gasteiger partial charge in [-0.05, 0) is 56.2 Å². The van der Waals surface area contributed by atoms with Crippen molar-refractivity contribution >= 4 is 11.9 Å². The standard InChI is InChI=1S/C22H27FN4O2/c1-29-19-6-11-24-21(25-19)27-12-7-17(8-13-27)20(28)26-22(9-3-10-22)15-16-4-2-5-18(23)14-16/h2,4-6,11,14,17H,3,7-10,12-13,15H2,1H3,(H,26,28). The van der Waals surface area contributed by atoms with E-state index in [0.717, 1.165) is 50.8 Å². The zero-order chi connectivity index (χ0) is 20.3. The Morgan fingerprint density at radius 1 is 1.31 bits per heavy atom. The number of halogens is 1. The molecule has 0 unspecified atom stereocenters. The molecule has 7 heteroatoms. The summed E-state index contributed by atoms with van der Waals surface area (Å²) in [7, 11) is 1.59. The summed E-state index contributed by atoms with van der Waals surface area (Å²) in [6, 6.07) is 8.41. The number of hydrogen-bond acceptors (Lipinski definition) is 5. The number of anilines is 1. The number of carbonyl (C=O) groups excluding carboxylic acids is 1. The van der Waals surface area contributed by atoms with Crippen LogP contribution in [-0.2, 0) is 11.2 Å². The fraction of sp³-hybridized carbons (Fsp3) is 0.500. The molecule has 0 radical (unpaired) electrons. The summed E-state index contributed by atoms with van der Waals surface area (Å²) < 4.78 is 18.7. The van der Waals surface area contributed by atoms with Gasteiger partial charge in [-0.1, -0.05) is 12.1 Å². The lowest BCUT2D eigenvalue weighted by Gasteiger charge is -2.44. The quantitative estimate of drug-likeness (QED) is 0.810. The summed E-state index contributed by atoms with van der Waals surface area (Å²) in [4.78, 5) is 23.7. The summed E-state index contributed by atoms with van der Waals surface area (Å²) >= 11 is 0. The third-order valence-electron chi connectivity index (χ3n) is 6.11. The van der Waals surface area contributed by atoms with E-state index in [1.807, 2.05) is 6.07 Å². The monoisotopic (exact) mass is 398 g/mol. The van der Waals surface area contributed by atoms with Gasteiger partial charge in [0.05, 0.1) is 7.11 Å². The van der Waals surface area contributed by atoms with Crippen LogP contribution in [0.25, 0.3) is 0 Å². The number of nitrogens with zero attached hydrogens (tertiary/aromatic N) is 3. The Bertz CT molecular complexity index is 863. The van der Waals surface area contributed by atoms with E-state index in [4.69, 9.17) is 4.74 Å². The minimum Gasteiger partial charge on any atom is -0.481 e. The molecule has 2 aliphatic rings. The fourth-order valence-electron chi connectivity index (χ4n) is 4.29. The molecular weight excluding hydrogens is 371 g/mol. The van der Waals surface area contributed by atoms with Gasteiger partial charge in [0.25, 0.3) is 0 Å². The van der Waals surface area contributed by atoms with Crippen LogP contribution in [0.2, 0.25) is 0 Å². The molecule has 1 aromatic carbocycles. The molecule has 0 spiro atoms. The number of hydrogen-bond donors (Lipinski definition) is 1. The van der Waals surface area contributed by atoms with E-state index < -0.39 is 0 Å². The Kier molecular flexibility index (Phi) is 5.65. The molecule has 0 bridgehead atoms. The number of piperidine rings is 1. The van der Waals surface area contributed by atoms with Crippen molar-refractivity contribution in [2.45, 2.75) is 44.1 Å². The Hall–Kier alpha value is -2.70. The second-order valence-electron chi connectivity index (χ2n) is 8.09. The Balaban J connectivity index is 1.34. The minimum atomic E-state index is -0.226. The number of nitrogens with one attached hydrogen (secondary N) is 1. The smallest absolute Gasteiger partial charge is 0.228 e.